The van der Waals surface area contributed by atoms with Gasteiger partial charge in [0, 0.05) is 0 Å². The first-order valence-corrected chi connectivity index (χ1v) is 19.8. The zero-order valence-corrected chi connectivity index (χ0v) is 27.2. The maximum atomic E-state index is 9.87. The number of pyridine rings is 1. The number of fused-ring (bicyclic) bond motifs is 1. The summed E-state index contributed by atoms with van der Waals surface area (Å²) < 4.78 is 298. The maximum absolute atomic E-state index is 10.7. The Morgan fingerprint density at radius 2 is 0.622 bits per heavy atom. The zero-order chi connectivity index (χ0) is 39.0. The fourth-order valence-corrected chi connectivity index (χ4v) is 1.67. The van der Waals surface area contributed by atoms with Crippen molar-refractivity contribution in [3.63, 3.8) is 0 Å². The van der Waals surface area contributed by atoms with Gasteiger partial charge < -0.3 is 0 Å². The Bertz CT molecular complexity index is 1080. The molecule has 0 unspecified atom stereocenters. The van der Waals surface area contributed by atoms with Crippen LogP contribution in [0.4, 0.5) is 126 Å². The van der Waals surface area contributed by atoms with E-state index < -0.39 is 39.0 Å². The Hall–Kier alpha value is -0.348. The monoisotopic (exact) mass is 1080 g/mol. The Morgan fingerprint density at radius 3 is 0.800 bits per heavy atom. The molecule has 0 N–H and O–H groups in total. The normalized spacial score (nSPS) is 20.4. The van der Waals surface area contributed by atoms with Gasteiger partial charge in [0.05, 0.1) is 0 Å². The quantitative estimate of drug-likeness (QED) is 0.195. The molecule has 2 aromatic heterocycles. The first-order chi connectivity index (χ1) is 17.1. The standard InChI is InChI=1S/C5H3N4.5F6P.U/c1-2-4-5(6-3-1)8-9-7-4;5*1-7(2,3,4,5)6;/h1-3H;;;;;;/q6*-1;+6. The fourth-order valence-electron chi connectivity index (χ4n) is 0.765. The van der Waals surface area contributed by atoms with Crippen molar-refractivity contribution in [2.75, 3.05) is 0 Å². The molecule has 0 radical (unpaired) electrons. The van der Waals surface area contributed by atoms with E-state index in [9.17, 15) is 126 Å². The van der Waals surface area contributed by atoms with Crippen molar-refractivity contribution in [3.8, 4) is 0 Å². The van der Waals surface area contributed by atoms with E-state index in [4.69, 9.17) is 0 Å². The van der Waals surface area contributed by atoms with E-state index in [0.717, 1.165) is 11.2 Å². The van der Waals surface area contributed by atoms with Crippen LogP contribution >= 0.6 is 39.0 Å². The number of nitrogens with zero attached hydrogens (tertiary/aromatic N) is 4. The minimum atomic E-state index is -10.7. The Labute approximate surface area is 241 Å². The number of rotatable bonds is 0. The Kier molecular flexibility index (Phi) is 11.3. The molecule has 0 spiro atoms. The summed E-state index contributed by atoms with van der Waals surface area (Å²) in [4.78, 5) is 4.12. The third-order valence-corrected chi connectivity index (χ3v) is 2.46. The van der Waals surface area contributed by atoms with Crippen LogP contribution in [0.1, 0.15) is 0 Å². The molecule has 0 saturated heterocycles. The van der Waals surface area contributed by atoms with Crippen molar-refractivity contribution in [3.05, 3.63) is 18.3 Å². The molecular formula is C5H3F30N4P5U. The molecular weight excluding hydrogens is 1080 g/mol. The van der Waals surface area contributed by atoms with Crippen LogP contribution in [0.25, 0.3) is 11.2 Å². The van der Waals surface area contributed by atoms with E-state index >= 15 is 0 Å². The second kappa shape index (κ2) is 9.88. The van der Waals surface area contributed by atoms with Gasteiger partial charge in [-0.05, 0) is 0 Å². The summed E-state index contributed by atoms with van der Waals surface area (Å²) in [5, 5.41) is 7.79. The minimum absolute atomic E-state index is 0.631. The molecule has 2 aromatic rings. The van der Waals surface area contributed by atoms with E-state index in [1.165, 1.54) is 0 Å². The van der Waals surface area contributed by atoms with Crippen LogP contribution in [0.2, 0.25) is 0 Å². The molecule has 0 fully saturated rings. The van der Waals surface area contributed by atoms with Crippen molar-refractivity contribution >= 4 is 50.2 Å². The molecule has 0 aliphatic heterocycles. The number of hydrogen-bond acceptors (Lipinski definition) is 3. The molecule has 0 aliphatic carbocycles. The summed E-state index contributed by atoms with van der Waals surface area (Å²) in [6.45, 7) is 0. The topological polar surface area (TPSA) is 43.6 Å². The molecule has 0 atom stereocenters. The third-order valence-electron chi connectivity index (χ3n) is 1.21. The van der Waals surface area contributed by atoms with Crippen LogP contribution in [0.3, 0.4) is 0 Å². The molecule has 2 rings (SSSR count). The van der Waals surface area contributed by atoms with Gasteiger partial charge in [0.25, 0.3) is 0 Å². The average Bonchev–Trinajstić information content (AvgIpc) is 2.72. The van der Waals surface area contributed by atoms with Crippen molar-refractivity contribution in [1.82, 2.24) is 17.3 Å². The summed E-state index contributed by atoms with van der Waals surface area (Å²) >= 11 is 0.631. The van der Waals surface area contributed by atoms with E-state index in [1.54, 1.807) is 6.20 Å². The van der Waals surface area contributed by atoms with Gasteiger partial charge >= 0.3 is 242 Å². The molecule has 282 valence electrons. The average molecular weight is 1080 g/mol. The summed E-state index contributed by atoms with van der Waals surface area (Å²) in [6.07, 6.45) is 1.75. The van der Waals surface area contributed by atoms with Gasteiger partial charge in [-0.2, -0.15) is 0 Å². The van der Waals surface area contributed by atoms with Crippen molar-refractivity contribution in [1.29, 1.82) is 0 Å². The van der Waals surface area contributed by atoms with Gasteiger partial charge in [0.2, 0.25) is 0 Å². The molecule has 40 heteroatoms. The fraction of sp³-hybridized carbons (Fsp3) is 0. The van der Waals surface area contributed by atoms with Crippen LogP contribution in [-0.2, 0) is 0 Å². The van der Waals surface area contributed by atoms with Crippen molar-refractivity contribution in [2.24, 2.45) is 0 Å². The summed E-state index contributed by atoms with van der Waals surface area (Å²) in [6, 6.07) is 3.77. The van der Waals surface area contributed by atoms with Crippen LogP contribution in [0.15, 0.2) is 18.3 Å². The first-order valence-electron chi connectivity index (χ1n) is 7.83. The Morgan fingerprint density at radius 1 is 0.422 bits per heavy atom. The van der Waals surface area contributed by atoms with E-state index in [1.807, 2.05) is 14.1 Å². The molecule has 45 heavy (non-hydrogen) atoms. The van der Waals surface area contributed by atoms with Crippen LogP contribution in [0.5, 0.6) is 0 Å². The zero-order valence-electron chi connectivity index (χ0n) is 18.6. The van der Waals surface area contributed by atoms with Gasteiger partial charge in [-0.15, -0.1) is 0 Å². The molecule has 0 aromatic carbocycles. The van der Waals surface area contributed by atoms with Gasteiger partial charge in [-0.1, -0.05) is 0 Å². The van der Waals surface area contributed by atoms with Gasteiger partial charge in [0.15, 0.2) is 0 Å². The molecule has 0 bridgehead atoms. The molecule has 0 amide bonds. The van der Waals surface area contributed by atoms with Gasteiger partial charge in [-0.25, -0.2) is 0 Å². The molecule has 0 aliphatic rings. The van der Waals surface area contributed by atoms with E-state index in [-0.39, 0.29) is 0 Å². The second-order valence-corrected chi connectivity index (χ2v) is 18.0. The van der Waals surface area contributed by atoms with Crippen molar-refractivity contribution in [2.45, 2.75) is 0 Å². The third kappa shape index (κ3) is 196. The molecule has 4 nitrogen and oxygen atoms in total. The number of hydrogen-bond donors (Lipinski definition) is 0. The number of halogens is 30. The Balaban J connectivity index is -0.000000226. The second-order valence-electron chi connectivity index (χ2n) is 6.64. The molecule has 0 saturated carbocycles. The summed E-state index contributed by atoms with van der Waals surface area (Å²) in [5.41, 5.74) is 1.78. The van der Waals surface area contributed by atoms with Gasteiger partial charge in [0.1, 0.15) is 0 Å². The van der Waals surface area contributed by atoms with E-state index in [2.05, 4.69) is 15.3 Å². The first kappa shape index (κ1) is 51.5. The van der Waals surface area contributed by atoms with Crippen molar-refractivity contribution < 1.29 is 156 Å². The van der Waals surface area contributed by atoms with Gasteiger partial charge in [-0.3, -0.25) is 0 Å². The molecule has 2 heterocycles. The van der Waals surface area contributed by atoms with Crippen LogP contribution < -0.4 is 0 Å². The predicted molar refractivity (Wildman–Crippen MR) is 98.6 cm³/mol. The van der Waals surface area contributed by atoms with E-state index in [0.29, 0.717) is 29.7 Å². The van der Waals surface area contributed by atoms with Crippen LogP contribution in [-0.4, -0.2) is 17.3 Å². The van der Waals surface area contributed by atoms with Crippen LogP contribution in [0, 0.1) is 29.7 Å². The summed E-state index contributed by atoms with van der Waals surface area (Å²) in [5.74, 6) is 0. The number of aromatic nitrogens is 4. The SMILES string of the molecule is F[P-](F)(F)(F)(F)F.F[P-](F)(F)(F)(F)F.F[P-](F)(F)(F)(F)F.F[P-](F)(F)(F)(F)F.F[P-](F)(F)(F)(F)F.[U+5][n]1nnc2cccnc21. The predicted octanol–water partition coefficient (Wildman–Crippen LogP) is 17.1. The summed E-state index contributed by atoms with van der Waals surface area (Å²) in [7, 11) is -53.3.